The highest BCUT2D eigenvalue weighted by molar-refractivity contribution is 6.32. The van der Waals surface area contributed by atoms with E-state index in [4.69, 9.17) is 43.9 Å². The van der Waals surface area contributed by atoms with E-state index in [2.05, 4.69) is 33.7 Å². The predicted molar refractivity (Wildman–Crippen MR) is 174 cm³/mol. The molecular weight excluding hydrogens is 599 g/mol. The van der Waals surface area contributed by atoms with Crippen molar-refractivity contribution in [3.05, 3.63) is 74.4 Å². The monoisotopic (exact) mass is 638 g/mol. The van der Waals surface area contributed by atoms with E-state index >= 15 is 0 Å². The fourth-order valence-electron chi connectivity index (χ4n) is 5.74. The maximum Gasteiger partial charge on any atom is 0.315 e. The molecule has 2 aliphatic heterocycles. The van der Waals surface area contributed by atoms with E-state index in [1.165, 1.54) is 0 Å². The Morgan fingerprint density at radius 1 is 1.14 bits per heavy atom. The minimum Gasteiger partial charge on any atom is -0.396 e. The van der Waals surface area contributed by atoms with Crippen LogP contribution in [0, 0.1) is 11.8 Å². The van der Waals surface area contributed by atoms with Crippen LogP contribution in [0.5, 0.6) is 0 Å². The fourth-order valence-corrected chi connectivity index (χ4v) is 6.09. The summed E-state index contributed by atoms with van der Waals surface area (Å²) in [6, 6.07) is 11.5. The number of aromatic nitrogens is 2. The first-order valence-corrected chi connectivity index (χ1v) is 16.0. The summed E-state index contributed by atoms with van der Waals surface area (Å²) in [5, 5.41) is 18.6. The predicted octanol–water partition coefficient (Wildman–Crippen LogP) is 4.28. The summed E-state index contributed by atoms with van der Waals surface area (Å²) in [4.78, 5) is 16.2. The van der Waals surface area contributed by atoms with Crippen LogP contribution in [-0.2, 0) is 30.8 Å². The van der Waals surface area contributed by atoms with Crippen molar-refractivity contribution >= 4 is 29.2 Å². The van der Waals surface area contributed by atoms with E-state index in [0.717, 1.165) is 72.9 Å². The van der Waals surface area contributed by atoms with Crippen LogP contribution in [0.2, 0.25) is 10.0 Å². The van der Waals surface area contributed by atoms with Crippen molar-refractivity contribution in [3.63, 3.8) is 0 Å². The number of fused-ring (bicyclic) bond motifs is 1. The Labute approximate surface area is 269 Å². The maximum atomic E-state index is 12.1. The standard InChI is InChI=1S/C33H40Cl2N6O3/c1-23-22-44-17-15-39(23)12-3-13-41-31-10-14-40(33(36)43)21-28(31)32(38-41)26-7-9-29(34)25(19-26)6-4-24-5-8-30(35)27(18-24)20-37-11-2-16-42/h5,7-9,18-19,23,37,42H,2-3,10-17,20-22H2,1H3,(H2,36,43)/t23-/m1/s1. The van der Waals surface area contributed by atoms with Crippen LogP contribution in [0.3, 0.4) is 0 Å². The van der Waals surface area contributed by atoms with E-state index in [1.807, 2.05) is 36.4 Å². The molecule has 1 saturated heterocycles. The van der Waals surface area contributed by atoms with E-state index in [1.54, 1.807) is 4.90 Å². The van der Waals surface area contributed by atoms with Crippen LogP contribution in [0.25, 0.3) is 11.3 Å². The third kappa shape index (κ3) is 7.94. The quantitative estimate of drug-likeness (QED) is 0.226. The number of nitrogens with zero attached hydrogens (tertiary/aromatic N) is 4. The number of halogens is 2. The second-order valence-electron chi connectivity index (χ2n) is 11.3. The number of primary amides is 1. The van der Waals surface area contributed by atoms with Crippen LogP contribution >= 0.6 is 23.2 Å². The molecule has 2 aromatic carbocycles. The Kier molecular flexibility index (Phi) is 11.2. The zero-order valence-corrected chi connectivity index (χ0v) is 26.6. The van der Waals surface area contributed by atoms with Crippen LogP contribution in [0.1, 0.15) is 47.7 Å². The van der Waals surface area contributed by atoms with Gasteiger partial charge < -0.3 is 25.8 Å². The SMILES string of the molecule is C[C@@H]1COCCN1CCCn1nc(-c2ccc(Cl)c(C#Cc3ccc(Cl)c(CNCCCO)c3)c2)c2c1CCN(C(N)=O)C2. The Morgan fingerprint density at radius 2 is 1.98 bits per heavy atom. The first-order valence-electron chi connectivity index (χ1n) is 15.2. The van der Waals surface area contributed by atoms with Gasteiger partial charge in [0.25, 0.3) is 0 Å². The highest BCUT2D eigenvalue weighted by Gasteiger charge is 2.27. The van der Waals surface area contributed by atoms with E-state index in [0.29, 0.717) is 60.7 Å². The lowest BCUT2D eigenvalue weighted by atomic mass is 9.99. The van der Waals surface area contributed by atoms with Gasteiger partial charge in [0.1, 0.15) is 0 Å². The van der Waals surface area contributed by atoms with Crippen molar-refractivity contribution in [1.29, 1.82) is 0 Å². The van der Waals surface area contributed by atoms with E-state index < -0.39 is 6.03 Å². The minimum absolute atomic E-state index is 0.146. The van der Waals surface area contributed by atoms with Crippen molar-refractivity contribution in [1.82, 2.24) is 24.9 Å². The second kappa shape index (κ2) is 15.3. The number of carbonyl (C=O) groups excluding carboxylic acids is 1. The Morgan fingerprint density at radius 3 is 2.77 bits per heavy atom. The number of carbonyl (C=O) groups is 1. The van der Waals surface area contributed by atoms with Crippen molar-refractivity contribution in [2.75, 3.05) is 46.0 Å². The molecule has 0 unspecified atom stereocenters. The van der Waals surface area contributed by atoms with Crippen LogP contribution < -0.4 is 11.1 Å². The molecule has 11 heteroatoms. The van der Waals surface area contributed by atoms with E-state index in [-0.39, 0.29) is 6.61 Å². The summed E-state index contributed by atoms with van der Waals surface area (Å²) in [5.74, 6) is 6.47. The van der Waals surface area contributed by atoms with E-state index in [9.17, 15) is 4.79 Å². The van der Waals surface area contributed by atoms with Gasteiger partial charge >= 0.3 is 6.03 Å². The lowest BCUT2D eigenvalue weighted by Crippen LogP contribution is -2.44. The molecule has 9 nitrogen and oxygen atoms in total. The average molecular weight is 640 g/mol. The molecule has 1 aromatic heterocycles. The van der Waals surface area contributed by atoms with Gasteiger partial charge in [-0.15, -0.1) is 0 Å². The van der Waals surface area contributed by atoms with Gasteiger partial charge in [-0.05, 0) is 62.2 Å². The van der Waals surface area contributed by atoms with Crippen molar-refractivity contribution in [3.8, 4) is 23.1 Å². The number of rotatable bonds is 10. The van der Waals surface area contributed by atoms with Gasteiger partial charge in [-0.2, -0.15) is 5.10 Å². The smallest absolute Gasteiger partial charge is 0.315 e. The number of benzene rings is 2. The molecular formula is C33H40Cl2N6O3. The Hall–Kier alpha value is -3.10. The molecule has 0 aliphatic carbocycles. The minimum atomic E-state index is -0.427. The van der Waals surface area contributed by atoms with Crippen molar-refractivity contribution < 1.29 is 14.6 Å². The Balaban J connectivity index is 1.39. The third-order valence-electron chi connectivity index (χ3n) is 8.22. The largest absolute Gasteiger partial charge is 0.396 e. The lowest BCUT2D eigenvalue weighted by Gasteiger charge is -2.33. The van der Waals surface area contributed by atoms with Crippen LogP contribution in [0.15, 0.2) is 36.4 Å². The van der Waals surface area contributed by atoms with Crippen LogP contribution in [0.4, 0.5) is 4.79 Å². The van der Waals surface area contributed by atoms with Gasteiger partial charge in [0.2, 0.25) is 0 Å². The summed E-state index contributed by atoms with van der Waals surface area (Å²) in [5.41, 5.74) is 12.0. The zero-order valence-electron chi connectivity index (χ0n) is 25.1. The molecule has 2 amide bonds. The van der Waals surface area contributed by atoms with Gasteiger partial charge in [-0.3, -0.25) is 9.58 Å². The molecule has 4 N–H and O–H groups in total. The topological polar surface area (TPSA) is 109 Å². The first-order chi connectivity index (χ1) is 21.3. The lowest BCUT2D eigenvalue weighted by molar-refractivity contribution is -0.00122. The summed E-state index contributed by atoms with van der Waals surface area (Å²) in [7, 11) is 0. The summed E-state index contributed by atoms with van der Waals surface area (Å²) in [6.07, 6.45) is 2.35. The molecule has 3 heterocycles. The summed E-state index contributed by atoms with van der Waals surface area (Å²) < 4.78 is 7.70. The molecule has 0 spiro atoms. The molecule has 2 aliphatic rings. The van der Waals surface area contributed by atoms with Gasteiger partial charge in [-0.25, -0.2) is 4.79 Å². The van der Waals surface area contributed by atoms with Gasteiger partial charge in [0.05, 0.1) is 30.5 Å². The zero-order chi connectivity index (χ0) is 31.1. The summed E-state index contributed by atoms with van der Waals surface area (Å²) >= 11 is 13.0. The van der Waals surface area contributed by atoms with Crippen molar-refractivity contribution in [2.24, 2.45) is 5.73 Å². The highest BCUT2D eigenvalue weighted by Crippen LogP contribution is 2.32. The van der Waals surface area contributed by atoms with Crippen LogP contribution in [-0.4, -0.2) is 82.8 Å². The molecule has 0 bridgehead atoms. The molecule has 0 saturated carbocycles. The summed E-state index contributed by atoms with van der Waals surface area (Å²) in [6.45, 7) is 8.90. The molecule has 1 fully saturated rings. The third-order valence-corrected chi connectivity index (χ3v) is 8.92. The number of amides is 2. The molecule has 0 radical (unpaired) electrons. The second-order valence-corrected chi connectivity index (χ2v) is 12.1. The Bertz CT molecular complexity index is 1530. The molecule has 44 heavy (non-hydrogen) atoms. The number of nitrogens with two attached hydrogens (primary N) is 1. The first kappa shape index (κ1) is 32.3. The normalized spacial score (nSPS) is 16.8. The molecule has 234 valence electrons. The average Bonchev–Trinajstić information content (AvgIpc) is 3.38. The molecule has 3 aromatic rings. The number of hydrogen-bond acceptors (Lipinski definition) is 6. The highest BCUT2D eigenvalue weighted by atomic mass is 35.5. The number of aliphatic hydroxyl groups is 1. The number of aryl methyl sites for hydroxylation is 1. The number of urea groups is 1. The fraction of sp³-hybridized carbons (Fsp3) is 0.455. The number of aliphatic hydroxyl groups excluding tert-OH is 1. The van der Waals surface area contributed by atoms with Gasteiger partial charge in [-0.1, -0.05) is 41.1 Å². The number of morpholine rings is 1. The molecule has 1 atom stereocenters. The van der Waals surface area contributed by atoms with Gasteiger partial charge in [0, 0.05) is 84.8 Å². The van der Waals surface area contributed by atoms with Crippen molar-refractivity contribution in [2.45, 2.75) is 51.9 Å². The number of ether oxygens (including phenoxy) is 1. The number of hydrogen-bond donors (Lipinski definition) is 3. The number of nitrogens with one attached hydrogen (secondary N) is 1. The van der Waals surface area contributed by atoms with Gasteiger partial charge in [0.15, 0.2) is 0 Å². The molecule has 5 rings (SSSR count). The maximum absolute atomic E-state index is 12.1.